The number of hydrogen-bond acceptors (Lipinski definition) is 7. The summed E-state index contributed by atoms with van der Waals surface area (Å²) in [5.41, 5.74) is -0.304. The van der Waals surface area contributed by atoms with Gasteiger partial charge in [0.1, 0.15) is 17.8 Å². The van der Waals surface area contributed by atoms with Crippen LogP contribution in [-0.2, 0) is 0 Å². The second kappa shape index (κ2) is 6.51. The zero-order valence-electron chi connectivity index (χ0n) is 11.6. The first-order chi connectivity index (χ1) is 10.2. The van der Waals surface area contributed by atoms with Crippen molar-refractivity contribution < 1.29 is 14.4 Å². The third-order valence-corrected chi connectivity index (χ3v) is 2.57. The zero-order valence-corrected chi connectivity index (χ0v) is 11.6. The van der Waals surface area contributed by atoms with Gasteiger partial charge in [0.05, 0.1) is 12.0 Å². The molecule has 1 heterocycles. The number of nitrogens with zero attached hydrogens (tertiary/aromatic N) is 3. The lowest BCUT2D eigenvalue weighted by atomic mass is 10.3. The van der Waals surface area contributed by atoms with Crippen molar-refractivity contribution in [1.29, 1.82) is 0 Å². The first kappa shape index (κ1) is 14.5. The van der Waals surface area contributed by atoms with Crippen LogP contribution in [0.4, 0.5) is 11.5 Å². The number of anilines is 1. The fraction of sp³-hybridized carbons (Fsp3) is 0.231. The molecular weight excluding hydrogens is 276 g/mol. The summed E-state index contributed by atoms with van der Waals surface area (Å²) < 4.78 is 10.6. The van der Waals surface area contributed by atoms with Gasteiger partial charge in [0.15, 0.2) is 0 Å². The smallest absolute Gasteiger partial charge is 0.373 e. The zero-order chi connectivity index (χ0) is 15.2. The van der Waals surface area contributed by atoms with Crippen molar-refractivity contribution in [2.75, 3.05) is 19.0 Å². The minimum absolute atomic E-state index is 0.121. The Bertz CT molecular complexity index is 648. The summed E-state index contributed by atoms with van der Waals surface area (Å²) in [7, 11) is 1.52. The Morgan fingerprint density at radius 1 is 1.33 bits per heavy atom. The maximum Gasteiger partial charge on any atom is 0.373 e. The van der Waals surface area contributed by atoms with Crippen molar-refractivity contribution in [2.24, 2.45) is 0 Å². The van der Waals surface area contributed by atoms with Gasteiger partial charge < -0.3 is 14.8 Å². The predicted octanol–water partition coefficient (Wildman–Crippen LogP) is 2.62. The fourth-order valence-electron chi connectivity index (χ4n) is 1.67. The Morgan fingerprint density at radius 3 is 2.76 bits per heavy atom. The van der Waals surface area contributed by atoms with Gasteiger partial charge in [-0.3, -0.25) is 10.1 Å². The molecular formula is C13H14N4O4. The number of nitrogens with one attached hydrogen (secondary N) is 1. The molecule has 110 valence electrons. The van der Waals surface area contributed by atoms with Gasteiger partial charge in [-0.2, -0.15) is 4.98 Å². The third-order valence-electron chi connectivity index (χ3n) is 2.57. The highest BCUT2D eigenvalue weighted by molar-refractivity contribution is 5.61. The second-order valence-electron chi connectivity index (χ2n) is 3.94. The predicted molar refractivity (Wildman–Crippen MR) is 75.9 cm³/mol. The van der Waals surface area contributed by atoms with Crippen LogP contribution in [0.2, 0.25) is 0 Å². The molecule has 1 aromatic carbocycles. The van der Waals surface area contributed by atoms with E-state index in [4.69, 9.17) is 9.47 Å². The van der Waals surface area contributed by atoms with Gasteiger partial charge in [0.2, 0.25) is 5.82 Å². The van der Waals surface area contributed by atoms with Gasteiger partial charge in [-0.05, 0) is 19.1 Å². The van der Waals surface area contributed by atoms with Crippen LogP contribution in [0, 0.1) is 10.1 Å². The summed E-state index contributed by atoms with van der Waals surface area (Å²) in [4.78, 5) is 18.3. The molecule has 1 aromatic heterocycles. The number of aromatic nitrogens is 2. The number of benzene rings is 1. The van der Waals surface area contributed by atoms with Crippen molar-refractivity contribution in [3.63, 3.8) is 0 Å². The van der Waals surface area contributed by atoms with E-state index in [0.717, 1.165) is 0 Å². The monoisotopic (exact) mass is 290 g/mol. The van der Waals surface area contributed by atoms with E-state index in [1.54, 1.807) is 24.3 Å². The van der Waals surface area contributed by atoms with Gasteiger partial charge in [0, 0.05) is 12.6 Å². The lowest BCUT2D eigenvalue weighted by molar-refractivity contribution is -0.385. The molecule has 0 spiro atoms. The lowest BCUT2D eigenvalue weighted by Crippen LogP contribution is -2.06. The highest BCUT2D eigenvalue weighted by Gasteiger charge is 2.24. The number of rotatable bonds is 6. The van der Waals surface area contributed by atoms with E-state index in [1.165, 1.54) is 13.4 Å². The van der Waals surface area contributed by atoms with E-state index >= 15 is 0 Å². The molecule has 0 saturated carbocycles. The van der Waals surface area contributed by atoms with E-state index in [0.29, 0.717) is 18.0 Å². The second-order valence-corrected chi connectivity index (χ2v) is 3.94. The Hall–Kier alpha value is -2.90. The Morgan fingerprint density at radius 2 is 2.10 bits per heavy atom. The van der Waals surface area contributed by atoms with Gasteiger partial charge in [-0.1, -0.05) is 6.07 Å². The van der Waals surface area contributed by atoms with Crippen molar-refractivity contribution in [1.82, 2.24) is 9.97 Å². The van der Waals surface area contributed by atoms with Crippen molar-refractivity contribution >= 4 is 11.5 Å². The molecule has 0 saturated heterocycles. The highest BCUT2D eigenvalue weighted by atomic mass is 16.6. The average Bonchev–Trinajstić information content (AvgIpc) is 2.47. The standard InChI is InChI=1S/C13H14N4O4/c1-3-14-12-11(17(18)19)13(16-8-15-12)21-10-6-4-5-9(7-10)20-2/h4-8H,3H2,1-2H3,(H,14,15,16). The first-order valence-electron chi connectivity index (χ1n) is 6.21. The SMILES string of the molecule is CCNc1ncnc(Oc2cccc(OC)c2)c1[N+](=O)[O-]. The number of methoxy groups -OCH3 is 1. The number of nitro groups is 1. The van der Waals surface area contributed by atoms with Gasteiger partial charge in [-0.15, -0.1) is 0 Å². The van der Waals surface area contributed by atoms with E-state index in [-0.39, 0.29) is 17.4 Å². The van der Waals surface area contributed by atoms with Crippen molar-refractivity contribution in [3.05, 3.63) is 40.7 Å². The van der Waals surface area contributed by atoms with Crippen LogP contribution in [0.25, 0.3) is 0 Å². The lowest BCUT2D eigenvalue weighted by Gasteiger charge is -2.09. The maximum absolute atomic E-state index is 11.2. The van der Waals surface area contributed by atoms with E-state index < -0.39 is 4.92 Å². The van der Waals surface area contributed by atoms with Crippen LogP contribution >= 0.6 is 0 Å². The highest BCUT2D eigenvalue weighted by Crippen LogP contribution is 2.34. The summed E-state index contributed by atoms with van der Waals surface area (Å²) in [5, 5.41) is 14.0. The molecule has 8 nitrogen and oxygen atoms in total. The maximum atomic E-state index is 11.2. The van der Waals surface area contributed by atoms with E-state index in [1.807, 2.05) is 6.92 Å². The molecule has 0 fully saturated rings. The molecule has 0 aliphatic rings. The minimum atomic E-state index is -0.576. The summed E-state index contributed by atoms with van der Waals surface area (Å²) >= 11 is 0. The first-order valence-corrected chi connectivity index (χ1v) is 6.21. The summed E-state index contributed by atoms with van der Waals surface area (Å²) in [6, 6.07) is 6.72. The van der Waals surface area contributed by atoms with Crippen molar-refractivity contribution in [3.8, 4) is 17.4 Å². The molecule has 0 amide bonds. The van der Waals surface area contributed by atoms with Crippen LogP contribution in [0.15, 0.2) is 30.6 Å². The Labute approximate surface area is 120 Å². The van der Waals surface area contributed by atoms with Gasteiger partial charge in [0.25, 0.3) is 0 Å². The third kappa shape index (κ3) is 3.35. The van der Waals surface area contributed by atoms with Crippen molar-refractivity contribution in [2.45, 2.75) is 6.92 Å². The molecule has 0 aliphatic carbocycles. The molecule has 2 rings (SSSR count). The quantitative estimate of drug-likeness (QED) is 0.644. The largest absolute Gasteiger partial charge is 0.497 e. The normalized spacial score (nSPS) is 10.0. The summed E-state index contributed by atoms with van der Waals surface area (Å²) in [6.45, 7) is 2.31. The molecule has 8 heteroatoms. The minimum Gasteiger partial charge on any atom is -0.497 e. The average molecular weight is 290 g/mol. The number of hydrogen-bond donors (Lipinski definition) is 1. The van der Waals surface area contributed by atoms with E-state index in [9.17, 15) is 10.1 Å². The van der Waals surface area contributed by atoms with Crippen LogP contribution in [-0.4, -0.2) is 28.5 Å². The Balaban J connectivity index is 2.38. The van der Waals surface area contributed by atoms with Crippen LogP contribution in [0.3, 0.4) is 0 Å². The summed E-state index contributed by atoms with van der Waals surface area (Å²) in [5.74, 6) is 0.962. The van der Waals surface area contributed by atoms with E-state index in [2.05, 4.69) is 15.3 Å². The topological polar surface area (TPSA) is 99.4 Å². The molecule has 0 unspecified atom stereocenters. The Kier molecular flexibility index (Phi) is 4.50. The molecule has 0 bridgehead atoms. The van der Waals surface area contributed by atoms with Crippen LogP contribution < -0.4 is 14.8 Å². The fourth-order valence-corrected chi connectivity index (χ4v) is 1.67. The molecule has 0 radical (unpaired) electrons. The molecule has 0 aliphatic heterocycles. The molecule has 1 N–H and O–H groups in total. The van der Waals surface area contributed by atoms with Crippen LogP contribution in [0.1, 0.15) is 6.92 Å². The summed E-state index contributed by atoms with van der Waals surface area (Å²) in [6.07, 6.45) is 1.21. The van der Waals surface area contributed by atoms with Crippen LogP contribution in [0.5, 0.6) is 17.4 Å². The molecule has 0 atom stereocenters. The molecule has 2 aromatic rings. The molecule has 21 heavy (non-hydrogen) atoms. The number of ether oxygens (including phenoxy) is 2. The van der Waals surface area contributed by atoms with Gasteiger partial charge in [-0.25, -0.2) is 4.98 Å². The van der Waals surface area contributed by atoms with Gasteiger partial charge >= 0.3 is 11.6 Å².